The number of rotatable bonds is 6. The van der Waals surface area contributed by atoms with Crippen LogP contribution in [-0.4, -0.2) is 51.9 Å². The van der Waals surface area contributed by atoms with Gasteiger partial charge in [-0.15, -0.1) is 5.10 Å². The van der Waals surface area contributed by atoms with Gasteiger partial charge in [-0.2, -0.15) is 0 Å². The van der Waals surface area contributed by atoms with Crippen LogP contribution in [0.4, 0.5) is 0 Å². The van der Waals surface area contributed by atoms with Crippen molar-refractivity contribution >= 4 is 11.9 Å². The lowest BCUT2D eigenvalue weighted by molar-refractivity contribution is -0.151. The number of carbonyl (C=O) groups is 2. The Balaban J connectivity index is 2.47. The minimum atomic E-state index is -1.20. The van der Waals surface area contributed by atoms with E-state index in [0.717, 1.165) is 10.9 Å². The monoisotopic (exact) mass is 243 g/mol. The van der Waals surface area contributed by atoms with Crippen LogP contribution in [0.25, 0.3) is 0 Å². The Kier molecular flexibility index (Phi) is 4.58. The highest BCUT2D eigenvalue weighted by molar-refractivity contribution is 5.84. The molecule has 0 bridgehead atoms. The number of methoxy groups -OCH3 is 1. The van der Waals surface area contributed by atoms with Gasteiger partial charge in [0.05, 0.1) is 12.8 Å². The molecule has 1 aromatic heterocycles. The molecule has 17 heavy (non-hydrogen) atoms. The third kappa shape index (κ3) is 4.19. The van der Waals surface area contributed by atoms with Gasteiger partial charge < -0.3 is 14.6 Å². The number of hydrogen-bond donors (Lipinski definition) is 1. The Morgan fingerprint density at radius 2 is 2.29 bits per heavy atom. The quantitative estimate of drug-likeness (QED) is 0.675. The zero-order chi connectivity index (χ0) is 12.8. The van der Waals surface area contributed by atoms with Crippen molar-refractivity contribution in [1.29, 1.82) is 0 Å². The molecule has 0 aliphatic carbocycles. The van der Waals surface area contributed by atoms with Crippen molar-refractivity contribution in [3.63, 3.8) is 0 Å². The van der Waals surface area contributed by atoms with Crippen molar-refractivity contribution in [1.82, 2.24) is 15.0 Å². The molecule has 0 spiro atoms. The number of hydrogen-bond acceptors (Lipinski definition) is 6. The van der Waals surface area contributed by atoms with Gasteiger partial charge in [0.25, 0.3) is 0 Å². The summed E-state index contributed by atoms with van der Waals surface area (Å²) in [7, 11) is 1.50. The SMILES string of the molecule is COCC(C)OC(=O)Cn1cc(C(=O)O)nn1. The van der Waals surface area contributed by atoms with Crippen LogP contribution < -0.4 is 0 Å². The average Bonchev–Trinajstić information content (AvgIpc) is 2.66. The van der Waals surface area contributed by atoms with E-state index < -0.39 is 11.9 Å². The molecule has 1 N–H and O–H groups in total. The minimum absolute atomic E-state index is 0.186. The van der Waals surface area contributed by atoms with E-state index in [1.54, 1.807) is 6.92 Å². The molecule has 0 saturated heterocycles. The Morgan fingerprint density at radius 1 is 1.59 bits per heavy atom. The Morgan fingerprint density at radius 3 is 2.82 bits per heavy atom. The second kappa shape index (κ2) is 5.94. The molecule has 1 atom stereocenters. The molecule has 8 heteroatoms. The first-order valence-electron chi connectivity index (χ1n) is 4.84. The van der Waals surface area contributed by atoms with Gasteiger partial charge >= 0.3 is 11.9 Å². The molecule has 0 aliphatic rings. The number of ether oxygens (including phenoxy) is 2. The van der Waals surface area contributed by atoms with E-state index in [1.165, 1.54) is 7.11 Å². The largest absolute Gasteiger partial charge is 0.476 e. The molecule has 0 fully saturated rings. The fourth-order valence-electron chi connectivity index (χ4n) is 1.14. The summed E-state index contributed by atoms with van der Waals surface area (Å²) in [5.41, 5.74) is -0.220. The van der Waals surface area contributed by atoms with Crippen LogP contribution in [0.5, 0.6) is 0 Å². The number of carboxylic acid groups (broad SMARTS) is 1. The average molecular weight is 243 g/mol. The van der Waals surface area contributed by atoms with Gasteiger partial charge in [0.2, 0.25) is 0 Å². The minimum Gasteiger partial charge on any atom is -0.476 e. The molecule has 0 radical (unpaired) electrons. The zero-order valence-electron chi connectivity index (χ0n) is 9.49. The summed E-state index contributed by atoms with van der Waals surface area (Å²) in [4.78, 5) is 21.9. The maximum absolute atomic E-state index is 11.4. The molecule has 0 aromatic carbocycles. The smallest absolute Gasteiger partial charge is 0.358 e. The summed E-state index contributed by atoms with van der Waals surface area (Å²) in [5, 5.41) is 15.4. The van der Waals surface area contributed by atoms with E-state index in [0.29, 0.717) is 6.61 Å². The van der Waals surface area contributed by atoms with Crippen molar-refractivity contribution in [2.24, 2.45) is 0 Å². The first kappa shape index (κ1) is 13.1. The third-order valence-electron chi connectivity index (χ3n) is 1.78. The zero-order valence-corrected chi connectivity index (χ0v) is 9.49. The van der Waals surface area contributed by atoms with Gasteiger partial charge in [-0.05, 0) is 6.92 Å². The van der Waals surface area contributed by atoms with Crippen molar-refractivity contribution in [3.8, 4) is 0 Å². The van der Waals surface area contributed by atoms with Gasteiger partial charge in [-0.25, -0.2) is 9.48 Å². The fourth-order valence-corrected chi connectivity index (χ4v) is 1.14. The van der Waals surface area contributed by atoms with E-state index >= 15 is 0 Å². The number of nitrogens with zero attached hydrogens (tertiary/aromatic N) is 3. The van der Waals surface area contributed by atoms with E-state index in [-0.39, 0.29) is 18.3 Å². The predicted molar refractivity (Wildman–Crippen MR) is 54.4 cm³/mol. The molecule has 1 unspecified atom stereocenters. The lowest BCUT2D eigenvalue weighted by Gasteiger charge is -2.11. The summed E-state index contributed by atoms with van der Waals surface area (Å²) in [6.07, 6.45) is 0.792. The molecule has 1 rings (SSSR count). The van der Waals surface area contributed by atoms with E-state index in [9.17, 15) is 9.59 Å². The van der Waals surface area contributed by atoms with Crippen molar-refractivity contribution < 1.29 is 24.2 Å². The molecule has 0 saturated carbocycles. The van der Waals surface area contributed by atoms with Crippen LogP contribution in [0.1, 0.15) is 17.4 Å². The lowest BCUT2D eigenvalue weighted by atomic mass is 10.4. The van der Waals surface area contributed by atoms with Gasteiger partial charge in [0.1, 0.15) is 12.6 Å². The highest BCUT2D eigenvalue weighted by Crippen LogP contribution is 1.97. The number of aromatic nitrogens is 3. The predicted octanol–water partition coefficient (Wildman–Crippen LogP) is -0.446. The number of carbonyl (C=O) groups excluding carboxylic acids is 1. The molecule has 94 valence electrons. The van der Waals surface area contributed by atoms with Crippen LogP contribution in [0, 0.1) is 0 Å². The van der Waals surface area contributed by atoms with Gasteiger partial charge in [0, 0.05) is 7.11 Å². The summed E-state index contributed by atoms with van der Waals surface area (Å²) < 4.78 is 10.9. The number of carboxylic acids is 1. The first-order chi connectivity index (χ1) is 8.02. The number of aromatic carboxylic acids is 1. The van der Waals surface area contributed by atoms with Crippen LogP contribution in [0.3, 0.4) is 0 Å². The molecule has 1 aromatic rings. The Bertz CT molecular complexity index is 403. The van der Waals surface area contributed by atoms with Gasteiger partial charge in [-0.1, -0.05) is 5.21 Å². The van der Waals surface area contributed by atoms with Crippen LogP contribution >= 0.6 is 0 Å². The highest BCUT2D eigenvalue weighted by atomic mass is 16.6. The molecular weight excluding hydrogens is 230 g/mol. The first-order valence-corrected chi connectivity index (χ1v) is 4.84. The van der Waals surface area contributed by atoms with Crippen LogP contribution in [0.15, 0.2) is 6.20 Å². The topological polar surface area (TPSA) is 104 Å². The lowest BCUT2D eigenvalue weighted by Crippen LogP contribution is -2.23. The van der Waals surface area contributed by atoms with Crippen molar-refractivity contribution in [2.75, 3.05) is 13.7 Å². The second-order valence-corrected chi connectivity index (χ2v) is 3.36. The Labute approximate surface area is 97.1 Å². The van der Waals surface area contributed by atoms with E-state index in [4.69, 9.17) is 14.6 Å². The molecule has 0 aliphatic heterocycles. The summed E-state index contributed by atoms with van der Waals surface area (Å²) in [5.74, 6) is -1.73. The van der Waals surface area contributed by atoms with Crippen LogP contribution in [0.2, 0.25) is 0 Å². The maximum atomic E-state index is 11.4. The Hall–Kier alpha value is -1.96. The fraction of sp³-hybridized carbons (Fsp3) is 0.556. The highest BCUT2D eigenvalue weighted by Gasteiger charge is 2.13. The molecular formula is C9H13N3O5. The van der Waals surface area contributed by atoms with Crippen molar-refractivity contribution in [2.45, 2.75) is 19.6 Å². The van der Waals surface area contributed by atoms with E-state index in [2.05, 4.69) is 10.3 Å². The van der Waals surface area contributed by atoms with Crippen LogP contribution in [-0.2, 0) is 20.8 Å². The standard InChI is InChI=1S/C9H13N3O5/c1-6(5-16-2)17-8(13)4-12-3-7(9(14)15)10-11-12/h3,6H,4-5H2,1-2H3,(H,14,15). The maximum Gasteiger partial charge on any atom is 0.358 e. The molecule has 8 nitrogen and oxygen atoms in total. The summed E-state index contributed by atoms with van der Waals surface area (Å²) in [6.45, 7) is 1.79. The summed E-state index contributed by atoms with van der Waals surface area (Å²) >= 11 is 0. The van der Waals surface area contributed by atoms with Gasteiger partial charge in [-0.3, -0.25) is 4.79 Å². The molecule has 0 amide bonds. The van der Waals surface area contributed by atoms with Gasteiger partial charge in [0.15, 0.2) is 5.69 Å². The van der Waals surface area contributed by atoms with Crippen molar-refractivity contribution in [3.05, 3.63) is 11.9 Å². The number of esters is 1. The van der Waals surface area contributed by atoms with E-state index in [1.807, 2.05) is 0 Å². The third-order valence-corrected chi connectivity index (χ3v) is 1.78. The molecule has 1 heterocycles. The summed E-state index contributed by atoms with van der Waals surface area (Å²) in [6, 6.07) is 0. The normalized spacial score (nSPS) is 12.1. The second-order valence-electron chi connectivity index (χ2n) is 3.36.